The molecule has 2 aromatic carbocycles. The number of carbonyl (C=O) groups excluding carboxylic acids is 1. The lowest BCUT2D eigenvalue weighted by molar-refractivity contribution is -0.114. The first-order valence-corrected chi connectivity index (χ1v) is 12.2. The van der Waals surface area contributed by atoms with Gasteiger partial charge in [0, 0.05) is 36.2 Å². The van der Waals surface area contributed by atoms with Crippen LogP contribution >= 0.6 is 0 Å². The second-order valence-electron chi connectivity index (χ2n) is 8.83. The highest BCUT2D eigenvalue weighted by Gasteiger charge is 2.27. The van der Waals surface area contributed by atoms with E-state index in [1.807, 2.05) is 30.3 Å². The number of hydrogen-bond acceptors (Lipinski definition) is 8. The summed E-state index contributed by atoms with van der Waals surface area (Å²) in [4.78, 5) is 16.2. The van der Waals surface area contributed by atoms with Crippen LogP contribution in [-0.2, 0) is 11.3 Å². The predicted molar refractivity (Wildman–Crippen MR) is 137 cm³/mol. The SMILES string of the molecule is COc1cccc(OC)c1CNC(O)c1nc(C2CCCNCC2)oc1-c1ccc(NC(C)=O)cc1. The number of aliphatic hydroxyl groups excluding tert-OH is 1. The van der Waals surface area contributed by atoms with Crippen LogP contribution in [0.5, 0.6) is 11.5 Å². The minimum Gasteiger partial charge on any atom is -0.496 e. The molecule has 9 heteroatoms. The molecule has 4 N–H and O–H groups in total. The van der Waals surface area contributed by atoms with Crippen LogP contribution in [0.2, 0.25) is 0 Å². The number of aliphatic hydroxyl groups is 1. The fourth-order valence-corrected chi connectivity index (χ4v) is 4.49. The van der Waals surface area contributed by atoms with Crippen molar-refractivity contribution in [3.63, 3.8) is 0 Å². The summed E-state index contributed by atoms with van der Waals surface area (Å²) >= 11 is 0. The number of ether oxygens (including phenoxy) is 2. The molecule has 192 valence electrons. The summed E-state index contributed by atoms with van der Waals surface area (Å²) in [5.41, 5.74) is 2.66. The van der Waals surface area contributed by atoms with Crippen LogP contribution < -0.4 is 25.4 Å². The molecule has 2 unspecified atom stereocenters. The number of oxazole rings is 1. The second kappa shape index (κ2) is 12.0. The maximum absolute atomic E-state index is 11.4. The lowest BCUT2D eigenvalue weighted by Gasteiger charge is -2.16. The topological polar surface area (TPSA) is 118 Å². The van der Waals surface area contributed by atoms with Crippen molar-refractivity contribution in [1.82, 2.24) is 15.6 Å². The minimum atomic E-state index is -1.09. The number of methoxy groups -OCH3 is 2. The van der Waals surface area contributed by atoms with Crippen molar-refractivity contribution in [3.05, 3.63) is 59.6 Å². The average molecular weight is 495 g/mol. The highest BCUT2D eigenvalue weighted by Crippen LogP contribution is 2.35. The summed E-state index contributed by atoms with van der Waals surface area (Å²) in [6, 6.07) is 12.9. The van der Waals surface area contributed by atoms with Gasteiger partial charge in [-0.1, -0.05) is 6.07 Å². The van der Waals surface area contributed by atoms with E-state index in [1.54, 1.807) is 26.4 Å². The third-order valence-corrected chi connectivity index (χ3v) is 6.32. The van der Waals surface area contributed by atoms with E-state index >= 15 is 0 Å². The minimum absolute atomic E-state index is 0.140. The Labute approximate surface area is 211 Å². The normalized spacial score (nSPS) is 16.7. The van der Waals surface area contributed by atoms with Crippen LogP contribution in [0.3, 0.4) is 0 Å². The van der Waals surface area contributed by atoms with Gasteiger partial charge in [0.05, 0.1) is 14.2 Å². The van der Waals surface area contributed by atoms with E-state index in [1.165, 1.54) is 6.92 Å². The molecule has 1 fully saturated rings. The first kappa shape index (κ1) is 25.7. The maximum Gasteiger partial charge on any atom is 0.221 e. The summed E-state index contributed by atoms with van der Waals surface area (Å²) in [7, 11) is 3.20. The second-order valence-corrected chi connectivity index (χ2v) is 8.83. The molecule has 9 nitrogen and oxygen atoms in total. The van der Waals surface area contributed by atoms with Crippen LogP contribution in [0.1, 0.15) is 55.5 Å². The molecule has 0 bridgehead atoms. The van der Waals surface area contributed by atoms with Crippen LogP contribution in [0.4, 0.5) is 5.69 Å². The molecule has 3 aromatic rings. The Balaban J connectivity index is 1.63. The van der Waals surface area contributed by atoms with E-state index in [9.17, 15) is 9.90 Å². The molecule has 1 saturated heterocycles. The molecule has 36 heavy (non-hydrogen) atoms. The van der Waals surface area contributed by atoms with Crippen molar-refractivity contribution >= 4 is 11.6 Å². The van der Waals surface area contributed by atoms with E-state index in [-0.39, 0.29) is 11.8 Å². The van der Waals surface area contributed by atoms with Gasteiger partial charge in [-0.25, -0.2) is 4.98 Å². The Morgan fingerprint density at radius 1 is 1.14 bits per heavy atom. The van der Waals surface area contributed by atoms with Gasteiger partial charge >= 0.3 is 0 Å². The first-order valence-electron chi connectivity index (χ1n) is 12.2. The number of nitrogens with zero attached hydrogens (tertiary/aromatic N) is 1. The van der Waals surface area contributed by atoms with Gasteiger partial charge < -0.3 is 29.6 Å². The summed E-state index contributed by atoms with van der Waals surface area (Å²) in [5.74, 6) is 2.49. The van der Waals surface area contributed by atoms with Gasteiger partial charge in [-0.05, 0) is 68.8 Å². The smallest absolute Gasteiger partial charge is 0.221 e. The monoisotopic (exact) mass is 494 g/mol. The number of aromatic nitrogens is 1. The number of hydrogen-bond donors (Lipinski definition) is 4. The molecule has 1 amide bonds. The molecule has 1 aliphatic rings. The van der Waals surface area contributed by atoms with E-state index in [0.29, 0.717) is 41.1 Å². The molecule has 4 rings (SSSR count). The molecule has 0 spiro atoms. The van der Waals surface area contributed by atoms with E-state index < -0.39 is 6.23 Å². The fraction of sp³-hybridized carbons (Fsp3) is 0.407. The third-order valence-electron chi connectivity index (χ3n) is 6.32. The van der Waals surface area contributed by atoms with Gasteiger partial charge in [-0.15, -0.1) is 0 Å². The highest BCUT2D eigenvalue weighted by atomic mass is 16.5. The zero-order valence-electron chi connectivity index (χ0n) is 21.0. The number of amides is 1. The maximum atomic E-state index is 11.4. The fourth-order valence-electron chi connectivity index (χ4n) is 4.49. The molecule has 1 aromatic heterocycles. The van der Waals surface area contributed by atoms with Gasteiger partial charge in [0.15, 0.2) is 17.9 Å². The summed E-state index contributed by atoms with van der Waals surface area (Å²) in [5, 5.41) is 20.5. The zero-order chi connectivity index (χ0) is 25.5. The molecule has 2 heterocycles. The number of benzene rings is 2. The van der Waals surface area contributed by atoms with Crippen molar-refractivity contribution in [1.29, 1.82) is 0 Å². The van der Waals surface area contributed by atoms with Crippen molar-refractivity contribution in [2.45, 2.75) is 44.9 Å². The van der Waals surface area contributed by atoms with Crippen molar-refractivity contribution in [2.75, 3.05) is 32.6 Å². The van der Waals surface area contributed by atoms with Gasteiger partial charge in [-0.3, -0.25) is 10.1 Å². The largest absolute Gasteiger partial charge is 0.496 e. The predicted octanol–water partition coefficient (Wildman–Crippen LogP) is 3.96. The van der Waals surface area contributed by atoms with E-state index in [0.717, 1.165) is 43.5 Å². The number of anilines is 1. The summed E-state index contributed by atoms with van der Waals surface area (Å²) in [6.45, 7) is 3.64. The van der Waals surface area contributed by atoms with Crippen molar-refractivity contribution < 1.29 is 23.8 Å². The molecule has 1 aliphatic heterocycles. The van der Waals surface area contributed by atoms with Gasteiger partial charge in [0.1, 0.15) is 17.2 Å². The standard InChI is InChI=1S/C27H34N4O5/c1-17(32)30-20-11-9-18(10-12-20)25-24(31-27(36-25)19-6-5-14-28-15-13-19)26(33)29-16-21-22(34-2)7-4-8-23(21)35-3/h4,7-12,19,26,28-29,33H,5-6,13-16H2,1-3H3,(H,30,32). The number of rotatable bonds is 9. The number of carbonyl (C=O) groups is 1. The first-order chi connectivity index (χ1) is 17.5. The molecule has 0 radical (unpaired) electrons. The van der Waals surface area contributed by atoms with E-state index in [4.69, 9.17) is 18.9 Å². The highest BCUT2D eigenvalue weighted by molar-refractivity contribution is 5.88. The van der Waals surface area contributed by atoms with E-state index in [2.05, 4.69) is 16.0 Å². The molecular formula is C27H34N4O5. The Hall–Kier alpha value is -3.40. The van der Waals surface area contributed by atoms with Gasteiger partial charge in [-0.2, -0.15) is 0 Å². The Bertz CT molecular complexity index is 1130. The van der Waals surface area contributed by atoms with Crippen molar-refractivity contribution in [3.8, 4) is 22.8 Å². The summed E-state index contributed by atoms with van der Waals surface area (Å²) < 4.78 is 17.3. The number of nitrogens with one attached hydrogen (secondary N) is 3. The quantitative estimate of drug-likeness (QED) is 0.330. The third kappa shape index (κ3) is 6.04. The Morgan fingerprint density at radius 2 is 1.86 bits per heavy atom. The molecule has 0 aliphatic carbocycles. The zero-order valence-corrected chi connectivity index (χ0v) is 21.0. The van der Waals surface area contributed by atoms with Crippen LogP contribution in [-0.4, -0.2) is 43.3 Å². The summed E-state index contributed by atoms with van der Waals surface area (Å²) in [6.07, 6.45) is 1.84. The Morgan fingerprint density at radius 3 is 2.53 bits per heavy atom. The van der Waals surface area contributed by atoms with Gasteiger partial charge in [0.2, 0.25) is 5.91 Å². The average Bonchev–Trinajstić information content (AvgIpc) is 3.15. The molecule has 0 saturated carbocycles. The van der Waals surface area contributed by atoms with Gasteiger partial charge in [0.25, 0.3) is 0 Å². The molecular weight excluding hydrogens is 460 g/mol. The molecule has 2 atom stereocenters. The van der Waals surface area contributed by atoms with Crippen LogP contribution in [0.25, 0.3) is 11.3 Å². The van der Waals surface area contributed by atoms with Crippen LogP contribution in [0.15, 0.2) is 46.9 Å². The van der Waals surface area contributed by atoms with Crippen molar-refractivity contribution in [2.24, 2.45) is 0 Å². The lowest BCUT2D eigenvalue weighted by atomic mass is 10.0. The Kier molecular flexibility index (Phi) is 8.58. The lowest BCUT2D eigenvalue weighted by Crippen LogP contribution is -2.22. The van der Waals surface area contributed by atoms with Crippen LogP contribution in [0, 0.1) is 0 Å².